The number of methoxy groups -OCH3 is 1. The van der Waals surface area contributed by atoms with Crippen LogP contribution >= 0.6 is 0 Å². The van der Waals surface area contributed by atoms with Crippen LogP contribution in [0.25, 0.3) is 0 Å². The number of benzene rings is 1. The summed E-state index contributed by atoms with van der Waals surface area (Å²) in [5.74, 6) is 0.723. The van der Waals surface area contributed by atoms with E-state index in [2.05, 4.69) is 4.90 Å². The maximum Gasteiger partial charge on any atom is 0.160 e. The molecule has 0 radical (unpaired) electrons. The first-order valence-corrected chi connectivity index (χ1v) is 7.63. The van der Waals surface area contributed by atoms with Gasteiger partial charge in [-0.15, -0.1) is 0 Å². The van der Waals surface area contributed by atoms with E-state index >= 15 is 0 Å². The minimum Gasteiger partial charge on any atom is -0.504 e. The Morgan fingerprint density at radius 2 is 2.10 bits per heavy atom. The Bertz CT molecular complexity index is 432. The van der Waals surface area contributed by atoms with Gasteiger partial charge in [-0.3, -0.25) is 4.90 Å². The molecule has 3 N–H and O–H groups in total. The fraction of sp³-hybridized carbons (Fsp3) is 0.625. The first kappa shape index (κ1) is 16.1. The Labute approximate surface area is 126 Å². The Morgan fingerprint density at radius 1 is 1.33 bits per heavy atom. The second-order valence-electron chi connectivity index (χ2n) is 5.49. The number of nitrogens with zero attached hydrogens (tertiary/aromatic N) is 1. The molecule has 2 rings (SSSR count). The topological polar surface area (TPSA) is 68.0 Å². The van der Waals surface area contributed by atoms with Crippen molar-refractivity contribution in [1.29, 1.82) is 0 Å². The average Bonchev–Trinajstić information content (AvgIpc) is 2.49. The summed E-state index contributed by atoms with van der Waals surface area (Å²) in [5.41, 5.74) is 6.57. The minimum atomic E-state index is 0.204. The van der Waals surface area contributed by atoms with Gasteiger partial charge in [-0.25, -0.2) is 0 Å². The molecule has 118 valence electrons. The monoisotopic (exact) mass is 294 g/mol. The zero-order valence-electron chi connectivity index (χ0n) is 12.8. The SMILES string of the molecule is COc1ccc(CN2CCC(OCCCN)CC2)cc1O. The molecule has 0 aromatic heterocycles. The number of phenolic OH excluding ortho intramolecular Hbond substituents is 1. The molecule has 21 heavy (non-hydrogen) atoms. The third-order valence-electron chi connectivity index (χ3n) is 3.89. The number of phenols is 1. The van der Waals surface area contributed by atoms with Crippen LogP contribution in [0.3, 0.4) is 0 Å². The molecule has 1 heterocycles. The molecule has 0 spiro atoms. The van der Waals surface area contributed by atoms with Crippen molar-refractivity contribution in [2.75, 3.05) is 33.4 Å². The van der Waals surface area contributed by atoms with Crippen LogP contribution in [0.2, 0.25) is 0 Å². The first-order chi connectivity index (χ1) is 10.2. The van der Waals surface area contributed by atoms with Gasteiger partial charge < -0.3 is 20.3 Å². The minimum absolute atomic E-state index is 0.204. The predicted molar refractivity (Wildman–Crippen MR) is 82.6 cm³/mol. The van der Waals surface area contributed by atoms with Gasteiger partial charge >= 0.3 is 0 Å². The highest BCUT2D eigenvalue weighted by Gasteiger charge is 2.19. The summed E-state index contributed by atoms with van der Waals surface area (Å²) < 4.78 is 10.9. The van der Waals surface area contributed by atoms with Gasteiger partial charge in [-0.2, -0.15) is 0 Å². The number of nitrogens with two attached hydrogens (primary N) is 1. The van der Waals surface area contributed by atoms with Gasteiger partial charge in [0.1, 0.15) is 0 Å². The smallest absolute Gasteiger partial charge is 0.160 e. The average molecular weight is 294 g/mol. The molecule has 5 heteroatoms. The summed E-state index contributed by atoms with van der Waals surface area (Å²) in [6.07, 6.45) is 3.43. The number of ether oxygens (including phenoxy) is 2. The fourth-order valence-electron chi connectivity index (χ4n) is 2.66. The number of piperidine rings is 1. The molecule has 0 amide bonds. The van der Waals surface area contributed by atoms with Crippen LogP contribution in [0.1, 0.15) is 24.8 Å². The Morgan fingerprint density at radius 3 is 2.71 bits per heavy atom. The summed E-state index contributed by atoms with van der Waals surface area (Å²) >= 11 is 0. The van der Waals surface area contributed by atoms with E-state index in [0.717, 1.165) is 51.1 Å². The van der Waals surface area contributed by atoms with Crippen LogP contribution < -0.4 is 10.5 Å². The normalized spacial score (nSPS) is 17.0. The quantitative estimate of drug-likeness (QED) is 0.750. The molecule has 0 bridgehead atoms. The van der Waals surface area contributed by atoms with Crippen molar-refractivity contribution < 1.29 is 14.6 Å². The number of aromatic hydroxyl groups is 1. The molecule has 1 saturated heterocycles. The van der Waals surface area contributed by atoms with Crippen LogP contribution in [0.15, 0.2) is 18.2 Å². The second kappa shape index (κ2) is 8.22. The van der Waals surface area contributed by atoms with E-state index in [9.17, 15) is 5.11 Å². The lowest BCUT2D eigenvalue weighted by atomic mass is 10.1. The summed E-state index contributed by atoms with van der Waals surface area (Å²) in [7, 11) is 1.56. The van der Waals surface area contributed by atoms with Gasteiger partial charge in [0, 0.05) is 26.2 Å². The number of rotatable bonds is 7. The summed E-state index contributed by atoms with van der Waals surface area (Å²) in [6, 6.07) is 5.60. The van der Waals surface area contributed by atoms with E-state index in [-0.39, 0.29) is 5.75 Å². The van der Waals surface area contributed by atoms with E-state index in [1.807, 2.05) is 12.1 Å². The number of hydrogen-bond acceptors (Lipinski definition) is 5. The Balaban J connectivity index is 1.77. The molecular formula is C16H26N2O3. The second-order valence-corrected chi connectivity index (χ2v) is 5.49. The third kappa shape index (κ3) is 4.88. The molecule has 0 saturated carbocycles. The highest BCUT2D eigenvalue weighted by molar-refractivity contribution is 5.41. The van der Waals surface area contributed by atoms with Crippen molar-refractivity contribution in [2.45, 2.75) is 31.9 Å². The maximum absolute atomic E-state index is 9.81. The van der Waals surface area contributed by atoms with Gasteiger partial charge in [-0.05, 0) is 43.5 Å². The van der Waals surface area contributed by atoms with Crippen LogP contribution in [-0.4, -0.2) is 49.5 Å². The van der Waals surface area contributed by atoms with Crippen LogP contribution in [0.5, 0.6) is 11.5 Å². The molecule has 1 aromatic rings. The van der Waals surface area contributed by atoms with Crippen LogP contribution in [0, 0.1) is 0 Å². The standard InChI is InChI=1S/C16H26N2O3/c1-20-16-4-3-13(11-15(16)19)12-18-8-5-14(6-9-18)21-10-2-7-17/h3-4,11,14,19H,2,5-10,12,17H2,1H3. The van der Waals surface area contributed by atoms with E-state index in [1.54, 1.807) is 13.2 Å². The van der Waals surface area contributed by atoms with E-state index in [1.165, 1.54) is 0 Å². The van der Waals surface area contributed by atoms with Crippen molar-refractivity contribution in [3.8, 4) is 11.5 Å². The molecule has 1 fully saturated rings. The van der Waals surface area contributed by atoms with E-state index < -0.39 is 0 Å². The lowest BCUT2D eigenvalue weighted by Gasteiger charge is -2.32. The first-order valence-electron chi connectivity index (χ1n) is 7.63. The third-order valence-corrected chi connectivity index (χ3v) is 3.89. The summed E-state index contributed by atoms with van der Waals surface area (Å²) in [6.45, 7) is 4.38. The molecule has 1 aromatic carbocycles. The molecule has 0 atom stereocenters. The van der Waals surface area contributed by atoms with Gasteiger partial charge in [-0.1, -0.05) is 6.07 Å². The zero-order chi connectivity index (χ0) is 15.1. The highest BCUT2D eigenvalue weighted by atomic mass is 16.5. The van der Waals surface area contributed by atoms with Crippen LogP contribution in [-0.2, 0) is 11.3 Å². The van der Waals surface area contributed by atoms with Gasteiger partial charge in [0.2, 0.25) is 0 Å². The lowest BCUT2D eigenvalue weighted by Crippen LogP contribution is -2.36. The number of hydrogen-bond donors (Lipinski definition) is 2. The largest absolute Gasteiger partial charge is 0.504 e. The summed E-state index contributed by atoms with van der Waals surface area (Å²) in [4.78, 5) is 2.39. The molecule has 1 aliphatic heterocycles. The van der Waals surface area contributed by atoms with E-state index in [4.69, 9.17) is 15.2 Å². The van der Waals surface area contributed by atoms with E-state index in [0.29, 0.717) is 18.4 Å². The molecule has 0 aliphatic carbocycles. The van der Waals surface area contributed by atoms with Crippen molar-refractivity contribution in [1.82, 2.24) is 4.90 Å². The summed E-state index contributed by atoms with van der Waals surface area (Å²) in [5, 5.41) is 9.81. The van der Waals surface area contributed by atoms with Crippen LogP contribution in [0.4, 0.5) is 0 Å². The molecular weight excluding hydrogens is 268 g/mol. The van der Waals surface area contributed by atoms with Gasteiger partial charge in [0.05, 0.1) is 13.2 Å². The van der Waals surface area contributed by atoms with Crippen molar-refractivity contribution in [2.24, 2.45) is 5.73 Å². The maximum atomic E-state index is 9.81. The molecule has 1 aliphatic rings. The lowest BCUT2D eigenvalue weighted by molar-refractivity contribution is 0.00562. The predicted octanol–water partition coefficient (Wildman–Crippen LogP) is 1.73. The fourth-order valence-corrected chi connectivity index (χ4v) is 2.66. The molecule has 0 unspecified atom stereocenters. The van der Waals surface area contributed by atoms with Crippen molar-refractivity contribution in [3.63, 3.8) is 0 Å². The van der Waals surface area contributed by atoms with Crippen molar-refractivity contribution in [3.05, 3.63) is 23.8 Å². The number of likely N-dealkylation sites (tertiary alicyclic amines) is 1. The highest BCUT2D eigenvalue weighted by Crippen LogP contribution is 2.27. The molecule has 5 nitrogen and oxygen atoms in total. The van der Waals surface area contributed by atoms with Gasteiger partial charge in [0.15, 0.2) is 11.5 Å². The zero-order valence-corrected chi connectivity index (χ0v) is 12.8. The Hall–Kier alpha value is -1.30. The Kier molecular flexibility index (Phi) is 6.29. The van der Waals surface area contributed by atoms with Gasteiger partial charge in [0.25, 0.3) is 0 Å². The van der Waals surface area contributed by atoms with Crippen molar-refractivity contribution >= 4 is 0 Å².